The summed E-state index contributed by atoms with van der Waals surface area (Å²) in [6.45, 7) is 0.142. The van der Waals surface area contributed by atoms with Gasteiger partial charge in [-0.25, -0.2) is 8.78 Å². The molecule has 116 valence electrons. The van der Waals surface area contributed by atoms with Crippen LogP contribution in [0.15, 0.2) is 48.5 Å². The first kappa shape index (κ1) is 16.3. The summed E-state index contributed by atoms with van der Waals surface area (Å²) in [7, 11) is 0. The van der Waals surface area contributed by atoms with E-state index >= 15 is 0 Å². The summed E-state index contributed by atoms with van der Waals surface area (Å²) >= 11 is 0. The number of nitrogens with zero attached hydrogens (tertiary/aromatic N) is 1. The molecule has 0 radical (unpaired) electrons. The molecule has 0 spiro atoms. The van der Waals surface area contributed by atoms with Crippen molar-refractivity contribution >= 4 is 11.7 Å². The van der Waals surface area contributed by atoms with E-state index in [1.54, 1.807) is 30.3 Å². The Morgan fingerprint density at radius 1 is 1.09 bits per heavy atom. The Balaban J connectivity index is 2.10. The molecule has 0 aromatic heterocycles. The molecular weight excluding hydrogens is 302 g/mol. The Morgan fingerprint density at radius 3 is 2.26 bits per heavy atom. The van der Waals surface area contributed by atoms with E-state index in [1.165, 1.54) is 0 Å². The smallest absolute Gasteiger partial charge is 0.245 e. The van der Waals surface area contributed by atoms with E-state index < -0.39 is 29.2 Å². The van der Waals surface area contributed by atoms with Crippen molar-refractivity contribution in [1.82, 2.24) is 5.32 Å². The maximum absolute atomic E-state index is 13.2. The largest absolute Gasteiger partial charge is 0.350 e. The quantitative estimate of drug-likeness (QED) is 0.681. The molecule has 0 bridgehead atoms. The lowest BCUT2D eigenvalue weighted by Gasteiger charge is -2.10. The maximum Gasteiger partial charge on any atom is 0.245 e. The van der Waals surface area contributed by atoms with Crippen molar-refractivity contribution in [2.75, 3.05) is 0 Å². The summed E-state index contributed by atoms with van der Waals surface area (Å²) in [5, 5.41) is 11.5. The van der Waals surface area contributed by atoms with Crippen molar-refractivity contribution in [3.05, 3.63) is 71.3 Å². The standard InChI is InChI=1S/C17H12F2N2O2/c18-13-6-12(7-14(19)8-13)16(22)15(9-20)17(23)21-10-11-4-2-1-3-5-11/h1-8,15H,10H2,(H,21,23)/t15-/m0/s1. The molecule has 4 nitrogen and oxygen atoms in total. The van der Waals surface area contributed by atoms with Gasteiger partial charge in [-0.1, -0.05) is 30.3 Å². The van der Waals surface area contributed by atoms with E-state index in [0.717, 1.165) is 17.7 Å². The van der Waals surface area contributed by atoms with Crippen molar-refractivity contribution in [2.45, 2.75) is 6.54 Å². The molecule has 1 N–H and O–H groups in total. The lowest BCUT2D eigenvalue weighted by molar-refractivity contribution is -0.122. The van der Waals surface area contributed by atoms with Crippen LogP contribution in [-0.4, -0.2) is 11.7 Å². The number of amides is 1. The summed E-state index contributed by atoms with van der Waals surface area (Å²) in [5.41, 5.74) is 0.436. The van der Waals surface area contributed by atoms with Crippen LogP contribution >= 0.6 is 0 Å². The van der Waals surface area contributed by atoms with Crippen LogP contribution in [0.25, 0.3) is 0 Å². The predicted molar refractivity (Wildman–Crippen MR) is 78.1 cm³/mol. The van der Waals surface area contributed by atoms with Gasteiger partial charge in [-0.3, -0.25) is 9.59 Å². The van der Waals surface area contributed by atoms with Crippen LogP contribution < -0.4 is 5.32 Å². The van der Waals surface area contributed by atoms with Gasteiger partial charge in [0.15, 0.2) is 11.7 Å². The molecule has 23 heavy (non-hydrogen) atoms. The highest BCUT2D eigenvalue weighted by atomic mass is 19.1. The number of rotatable bonds is 5. The Morgan fingerprint density at radius 2 is 1.70 bits per heavy atom. The number of carbonyl (C=O) groups excluding carboxylic acids is 2. The minimum Gasteiger partial charge on any atom is -0.350 e. The van der Waals surface area contributed by atoms with Crippen LogP contribution in [-0.2, 0) is 11.3 Å². The molecule has 0 saturated carbocycles. The Labute approximate surface area is 131 Å². The summed E-state index contributed by atoms with van der Waals surface area (Å²) in [6.07, 6.45) is 0. The molecule has 0 saturated heterocycles. The molecule has 0 aliphatic heterocycles. The number of hydrogen-bond acceptors (Lipinski definition) is 3. The van der Waals surface area contributed by atoms with Gasteiger partial charge in [-0.05, 0) is 17.7 Å². The van der Waals surface area contributed by atoms with Gasteiger partial charge < -0.3 is 5.32 Å². The van der Waals surface area contributed by atoms with Crippen LogP contribution in [0.2, 0.25) is 0 Å². The molecule has 1 amide bonds. The fraction of sp³-hybridized carbons (Fsp3) is 0.118. The van der Waals surface area contributed by atoms with Crippen LogP contribution in [0, 0.1) is 28.9 Å². The third-order valence-electron chi connectivity index (χ3n) is 3.11. The number of nitriles is 1. The van der Waals surface area contributed by atoms with Gasteiger partial charge in [0.2, 0.25) is 5.91 Å². The highest BCUT2D eigenvalue weighted by Gasteiger charge is 2.28. The molecule has 0 aliphatic carbocycles. The fourth-order valence-electron chi connectivity index (χ4n) is 1.99. The normalized spacial score (nSPS) is 11.3. The molecule has 6 heteroatoms. The van der Waals surface area contributed by atoms with Crippen molar-refractivity contribution < 1.29 is 18.4 Å². The molecule has 1 atom stereocenters. The van der Waals surface area contributed by atoms with Crippen molar-refractivity contribution in [3.8, 4) is 6.07 Å². The third kappa shape index (κ3) is 4.20. The van der Waals surface area contributed by atoms with Crippen molar-refractivity contribution in [1.29, 1.82) is 5.26 Å². The lowest BCUT2D eigenvalue weighted by atomic mass is 9.97. The summed E-state index contributed by atoms with van der Waals surface area (Å²) in [4.78, 5) is 24.1. The molecule has 0 fully saturated rings. The average Bonchev–Trinajstić information content (AvgIpc) is 2.53. The van der Waals surface area contributed by atoms with E-state index in [2.05, 4.69) is 5.32 Å². The lowest BCUT2D eigenvalue weighted by Crippen LogP contribution is -2.34. The summed E-state index contributed by atoms with van der Waals surface area (Å²) < 4.78 is 26.3. The second-order valence-corrected chi connectivity index (χ2v) is 4.79. The van der Waals surface area contributed by atoms with Gasteiger partial charge in [0, 0.05) is 18.2 Å². The SMILES string of the molecule is N#C[C@H](C(=O)NCc1ccccc1)C(=O)c1cc(F)cc(F)c1. The number of ketones is 1. The zero-order valence-electron chi connectivity index (χ0n) is 11.9. The molecule has 0 aliphatic rings. The monoisotopic (exact) mass is 314 g/mol. The van der Waals surface area contributed by atoms with E-state index in [4.69, 9.17) is 5.26 Å². The number of Topliss-reactive ketones (excluding diaryl/α,β-unsaturated/α-hetero) is 1. The predicted octanol–water partition coefficient (Wildman–Crippen LogP) is 2.60. The second-order valence-electron chi connectivity index (χ2n) is 4.79. The topological polar surface area (TPSA) is 70.0 Å². The van der Waals surface area contributed by atoms with E-state index in [1.807, 2.05) is 6.07 Å². The van der Waals surface area contributed by atoms with Crippen molar-refractivity contribution in [2.24, 2.45) is 5.92 Å². The van der Waals surface area contributed by atoms with Gasteiger partial charge in [0.1, 0.15) is 11.6 Å². The fourth-order valence-corrected chi connectivity index (χ4v) is 1.99. The van der Waals surface area contributed by atoms with Gasteiger partial charge >= 0.3 is 0 Å². The number of nitrogens with one attached hydrogen (secondary N) is 1. The summed E-state index contributed by atoms with van der Waals surface area (Å²) in [5.74, 6) is -5.33. The number of benzene rings is 2. The van der Waals surface area contributed by atoms with Crippen LogP contribution in [0.1, 0.15) is 15.9 Å². The first-order valence-corrected chi connectivity index (χ1v) is 6.73. The first-order valence-electron chi connectivity index (χ1n) is 6.73. The summed E-state index contributed by atoms with van der Waals surface area (Å²) in [6, 6.07) is 12.7. The zero-order chi connectivity index (χ0) is 16.8. The van der Waals surface area contributed by atoms with E-state index in [0.29, 0.717) is 6.07 Å². The van der Waals surface area contributed by atoms with Gasteiger partial charge in [-0.2, -0.15) is 5.26 Å². The molecule has 0 heterocycles. The van der Waals surface area contributed by atoms with E-state index in [-0.39, 0.29) is 12.1 Å². The van der Waals surface area contributed by atoms with Crippen LogP contribution in [0.4, 0.5) is 8.78 Å². The molecule has 0 unspecified atom stereocenters. The molecule has 2 rings (SSSR count). The van der Waals surface area contributed by atoms with E-state index in [9.17, 15) is 18.4 Å². The van der Waals surface area contributed by atoms with Gasteiger partial charge in [-0.15, -0.1) is 0 Å². The molecule has 2 aromatic carbocycles. The minimum atomic E-state index is -1.67. The Kier molecular flexibility index (Phi) is 5.15. The van der Waals surface area contributed by atoms with Gasteiger partial charge in [0.25, 0.3) is 0 Å². The van der Waals surface area contributed by atoms with Crippen molar-refractivity contribution in [3.63, 3.8) is 0 Å². The number of halogens is 2. The van der Waals surface area contributed by atoms with Crippen LogP contribution in [0.5, 0.6) is 0 Å². The number of hydrogen-bond donors (Lipinski definition) is 1. The van der Waals surface area contributed by atoms with Gasteiger partial charge in [0.05, 0.1) is 6.07 Å². The number of carbonyl (C=O) groups is 2. The second kappa shape index (κ2) is 7.27. The molecular formula is C17H12F2N2O2. The highest BCUT2D eigenvalue weighted by molar-refractivity contribution is 6.12. The maximum atomic E-state index is 13.2. The average molecular weight is 314 g/mol. The Bertz CT molecular complexity index is 750. The zero-order valence-corrected chi connectivity index (χ0v) is 11.9. The first-order chi connectivity index (χ1) is 11.0. The third-order valence-corrected chi connectivity index (χ3v) is 3.11. The minimum absolute atomic E-state index is 0.142. The van der Waals surface area contributed by atoms with Crippen LogP contribution in [0.3, 0.4) is 0 Å². The Hall–Kier alpha value is -3.07. The molecule has 2 aromatic rings. The highest BCUT2D eigenvalue weighted by Crippen LogP contribution is 2.13.